The van der Waals surface area contributed by atoms with E-state index in [2.05, 4.69) is 0 Å². The Bertz CT molecular complexity index is 272. The summed E-state index contributed by atoms with van der Waals surface area (Å²) in [4.78, 5) is 11.3. The average molecular weight is 316 g/mol. The minimum atomic E-state index is -1.71. The summed E-state index contributed by atoms with van der Waals surface area (Å²) in [6.07, 6.45) is 0. The summed E-state index contributed by atoms with van der Waals surface area (Å²) in [7, 11) is 0. The summed E-state index contributed by atoms with van der Waals surface area (Å²) in [6.45, 7) is 9.10. The monoisotopic (exact) mass is 316 g/mol. The Labute approximate surface area is 118 Å². The molecule has 0 aliphatic rings. The van der Waals surface area contributed by atoms with Crippen LogP contribution >= 0.6 is 28.6 Å². The molecule has 7 heteroatoms. The number of hydrogen-bond acceptors (Lipinski definition) is 6. The highest BCUT2D eigenvalue weighted by molar-refractivity contribution is 8.70. The highest BCUT2D eigenvalue weighted by Gasteiger charge is 2.11. The first-order valence-electron chi connectivity index (χ1n) is 5.47. The number of esters is 1. The van der Waals surface area contributed by atoms with E-state index in [1.54, 1.807) is 11.4 Å². The van der Waals surface area contributed by atoms with Gasteiger partial charge in [-0.2, -0.15) is 0 Å². The van der Waals surface area contributed by atoms with Gasteiger partial charge in [0.05, 0.1) is 12.4 Å². The van der Waals surface area contributed by atoms with Crippen LogP contribution in [0.25, 0.3) is 0 Å². The van der Waals surface area contributed by atoms with Gasteiger partial charge in [-0.3, -0.25) is 4.79 Å². The van der Waals surface area contributed by atoms with Crippen molar-refractivity contribution in [3.05, 3.63) is 0 Å². The smallest absolute Gasteiger partial charge is 0.315 e. The predicted octanol–water partition coefficient (Wildman–Crippen LogP) is 3.59. The Morgan fingerprint density at radius 1 is 1.47 bits per heavy atom. The SMILES string of the molecule is CCOP(C)(=S)SCSCC(=O)OCC(C)C. The third kappa shape index (κ3) is 11.6. The highest BCUT2D eigenvalue weighted by atomic mass is 32.9. The number of ether oxygens (including phenoxy) is 1. The number of carbonyl (C=O) groups is 1. The van der Waals surface area contributed by atoms with Crippen molar-refractivity contribution < 1.29 is 14.1 Å². The van der Waals surface area contributed by atoms with Crippen molar-refractivity contribution >= 4 is 46.4 Å². The van der Waals surface area contributed by atoms with Crippen LogP contribution in [0.5, 0.6) is 0 Å². The van der Waals surface area contributed by atoms with E-state index in [1.807, 2.05) is 27.4 Å². The lowest BCUT2D eigenvalue weighted by Crippen LogP contribution is -2.11. The largest absolute Gasteiger partial charge is 0.465 e. The number of rotatable bonds is 9. The molecule has 17 heavy (non-hydrogen) atoms. The Morgan fingerprint density at radius 2 is 2.12 bits per heavy atom. The molecule has 0 bridgehead atoms. The molecular formula is C10H21O3PS3. The van der Waals surface area contributed by atoms with Gasteiger partial charge in [-0.25, -0.2) is 0 Å². The average Bonchev–Trinajstić information content (AvgIpc) is 2.21. The molecule has 0 aromatic carbocycles. The molecule has 0 fully saturated rings. The highest BCUT2D eigenvalue weighted by Crippen LogP contribution is 2.57. The lowest BCUT2D eigenvalue weighted by Gasteiger charge is -2.15. The quantitative estimate of drug-likeness (QED) is 0.280. The summed E-state index contributed by atoms with van der Waals surface area (Å²) in [5, 5.41) is 0.782. The predicted molar refractivity (Wildman–Crippen MR) is 82.5 cm³/mol. The van der Waals surface area contributed by atoms with E-state index in [0.29, 0.717) is 24.9 Å². The fourth-order valence-corrected chi connectivity index (χ4v) is 7.43. The Kier molecular flexibility index (Phi) is 10.1. The summed E-state index contributed by atoms with van der Waals surface area (Å²) in [5.74, 6) is 0.629. The van der Waals surface area contributed by atoms with Gasteiger partial charge in [-0.15, -0.1) is 11.8 Å². The lowest BCUT2D eigenvalue weighted by atomic mass is 10.2. The molecule has 1 unspecified atom stereocenters. The molecule has 0 N–H and O–H groups in total. The molecule has 0 aliphatic carbocycles. The van der Waals surface area contributed by atoms with Crippen LogP contribution in [-0.4, -0.2) is 36.7 Å². The minimum absolute atomic E-state index is 0.148. The topological polar surface area (TPSA) is 35.5 Å². The second-order valence-electron chi connectivity index (χ2n) is 3.86. The molecule has 0 saturated heterocycles. The number of thioether (sulfide) groups is 1. The molecule has 3 nitrogen and oxygen atoms in total. The van der Waals surface area contributed by atoms with Crippen molar-refractivity contribution in [2.24, 2.45) is 5.92 Å². The minimum Gasteiger partial charge on any atom is -0.465 e. The van der Waals surface area contributed by atoms with Crippen molar-refractivity contribution in [3.8, 4) is 0 Å². The second kappa shape index (κ2) is 9.68. The van der Waals surface area contributed by atoms with Crippen molar-refractivity contribution in [1.82, 2.24) is 0 Å². The van der Waals surface area contributed by atoms with Gasteiger partial charge < -0.3 is 9.26 Å². The van der Waals surface area contributed by atoms with E-state index >= 15 is 0 Å². The van der Waals surface area contributed by atoms with Gasteiger partial charge in [0.1, 0.15) is 5.47 Å². The van der Waals surface area contributed by atoms with Crippen LogP contribution in [0.2, 0.25) is 0 Å². The van der Waals surface area contributed by atoms with Crippen LogP contribution in [0.15, 0.2) is 0 Å². The van der Waals surface area contributed by atoms with E-state index in [-0.39, 0.29) is 5.97 Å². The zero-order valence-electron chi connectivity index (χ0n) is 10.8. The molecule has 102 valence electrons. The fourth-order valence-electron chi connectivity index (χ4n) is 0.831. The third-order valence-electron chi connectivity index (χ3n) is 1.53. The summed E-state index contributed by atoms with van der Waals surface area (Å²) < 4.78 is 10.5. The maximum absolute atomic E-state index is 11.3. The maximum Gasteiger partial charge on any atom is 0.315 e. The number of carbonyl (C=O) groups excluding carboxylic acids is 1. The van der Waals surface area contributed by atoms with Gasteiger partial charge in [0.25, 0.3) is 0 Å². The molecule has 0 aromatic heterocycles. The molecule has 0 spiro atoms. The van der Waals surface area contributed by atoms with Crippen molar-refractivity contribution in [3.63, 3.8) is 0 Å². The fraction of sp³-hybridized carbons (Fsp3) is 0.900. The van der Waals surface area contributed by atoms with Gasteiger partial charge in [0, 0.05) is 11.7 Å². The van der Waals surface area contributed by atoms with Gasteiger partial charge >= 0.3 is 5.97 Å². The summed E-state index contributed by atoms with van der Waals surface area (Å²) >= 11 is 8.49. The molecule has 0 aromatic rings. The normalized spacial score (nSPS) is 14.6. The van der Waals surface area contributed by atoms with Crippen LogP contribution < -0.4 is 0 Å². The Morgan fingerprint density at radius 3 is 2.65 bits per heavy atom. The van der Waals surface area contributed by atoms with E-state index in [9.17, 15) is 4.79 Å². The summed E-state index contributed by atoms with van der Waals surface area (Å²) in [6, 6.07) is 0. The molecular weight excluding hydrogens is 295 g/mol. The van der Waals surface area contributed by atoms with Crippen LogP contribution in [0.1, 0.15) is 20.8 Å². The molecule has 0 radical (unpaired) electrons. The van der Waals surface area contributed by atoms with E-state index in [4.69, 9.17) is 21.1 Å². The molecule has 0 rings (SSSR count). The van der Waals surface area contributed by atoms with Gasteiger partial charge in [-0.1, -0.05) is 37.0 Å². The van der Waals surface area contributed by atoms with Crippen molar-refractivity contribution in [2.45, 2.75) is 20.8 Å². The van der Waals surface area contributed by atoms with Crippen LogP contribution in [-0.2, 0) is 25.9 Å². The van der Waals surface area contributed by atoms with Crippen LogP contribution in [0, 0.1) is 5.92 Å². The molecule has 0 aliphatic heterocycles. The van der Waals surface area contributed by atoms with Gasteiger partial charge in [-0.05, 0) is 19.5 Å². The molecule has 0 saturated carbocycles. The third-order valence-corrected chi connectivity index (χ3v) is 8.19. The first kappa shape index (κ1) is 17.8. The van der Waals surface area contributed by atoms with Gasteiger partial charge in [0.2, 0.25) is 0 Å². The first-order valence-corrected chi connectivity index (χ1v) is 11.4. The zero-order valence-corrected chi connectivity index (χ0v) is 14.1. The van der Waals surface area contributed by atoms with E-state index in [1.165, 1.54) is 11.8 Å². The van der Waals surface area contributed by atoms with E-state index in [0.717, 1.165) is 5.08 Å². The van der Waals surface area contributed by atoms with Crippen LogP contribution in [0.4, 0.5) is 0 Å². The zero-order chi connectivity index (χ0) is 13.3. The van der Waals surface area contributed by atoms with Crippen molar-refractivity contribution in [2.75, 3.05) is 30.7 Å². The first-order chi connectivity index (χ1) is 7.87. The van der Waals surface area contributed by atoms with E-state index < -0.39 is 5.47 Å². The van der Waals surface area contributed by atoms with Crippen LogP contribution in [0.3, 0.4) is 0 Å². The number of hydrogen-bond donors (Lipinski definition) is 0. The summed E-state index contributed by atoms with van der Waals surface area (Å²) in [5.41, 5.74) is -1.71. The second-order valence-corrected chi connectivity index (χ2v) is 13.2. The standard InChI is InChI=1S/C10H21O3PS3/c1-5-13-14(4,15)17-8-16-7-10(11)12-6-9(2)3/h9H,5-8H2,1-4H3. The molecule has 0 amide bonds. The van der Waals surface area contributed by atoms with Crippen molar-refractivity contribution in [1.29, 1.82) is 0 Å². The Balaban J connectivity index is 3.57. The lowest BCUT2D eigenvalue weighted by molar-refractivity contribution is -0.141. The maximum atomic E-state index is 11.3. The van der Waals surface area contributed by atoms with Gasteiger partial charge in [0.15, 0.2) is 0 Å². The molecule has 0 heterocycles. The molecule has 1 atom stereocenters. The Hall–Kier alpha value is 0.780.